The van der Waals surface area contributed by atoms with Crippen LogP contribution in [-0.2, 0) is 0 Å². The van der Waals surface area contributed by atoms with Gasteiger partial charge < -0.3 is 11.1 Å². The number of anilines is 2. The maximum absolute atomic E-state index is 11.5. The van der Waals surface area contributed by atoms with Crippen molar-refractivity contribution in [1.82, 2.24) is 4.98 Å². The molecule has 0 bridgehead atoms. The Kier molecular flexibility index (Phi) is 3.28. The van der Waals surface area contributed by atoms with Crippen molar-refractivity contribution < 1.29 is 4.79 Å². The number of amides is 1. The summed E-state index contributed by atoms with van der Waals surface area (Å²) in [4.78, 5) is 15.8. The first kappa shape index (κ1) is 12.1. The summed E-state index contributed by atoms with van der Waals surface area (Å²) in [6, 6.07) is 11.4. The molecule has 1 heterocycles. The van der Waals surface area contributed by atoms with Crippen LogP contribution in [0.5, 0.6) is 0 Å². The summed E-state index contributed by atoms with van der Waals surface area (Å²) in [7, 11) is 0. The van der Waals surface area contributed by atoms with Gasteiger partial charge in [0.15, 0.2) is 0 Å². The van der Waals surface area contributed by atoms with Gasteiger partial charge in [0.25, 0.3) is 5.91 Å². The van der Waals surface area contributed by atoms with E-state index in [0.29, 0.717) is 11.4 Å². The predicted octanol–water partition coefficient (Wildman–Crippen LogP) is 2.54. The number of pyridine rings is 1. The number of nitrogens with one attached hydrogen (secondary N) is 1. The van der Waals surface area contributed by atoms with Crippen molar-refractivity contribution in [3.8, 4) is 0 Å². The van der Waals surface area contributed by atoms with E-state index in [9.17, 15) is 4.79 Å². The Morgan fingerprint density at radius 3 is 2.50 bits per heavy atom. The molecule has 1 amide bonds. The van der Waals surface area contributed by atoms with Gasteiger partial charge in [-0.05, 0) is 37.6 Å². The Morgan fingerprint density at radius 1 is 1.22 bits per heavy atom. The zero-order valence-corrected chi connectivity index (χ0v) is 10.4. The molecule has 0 radical (unpaired) electrons. The fraction of sp³-hybridized carbons (Fsp3) is 0.143. The number of primary amides is 1. The van der Waals surface area contributed by atoms with Crippen LogP contribution in [0.25, 0.3) is 0 Å². The van der Waals surface area contributed by atoms with Crippen molar-refractivity contribution in [3.05, 3.63) is 53.2 Å². The van der Waals surface area contributed by atoms with E-state index < -0.39 is 5.91 Å². The van der Waals surface area contributed by atoms with Gasteiger partial charge in [0, 0.05) is 11.4 Å². The Labute approximate surface area is 106 Å². The molecule has 2 aromatic rings. The normalized spacial score (nSPS) is 10.1. The lowest BCUT2D eigenvalue weighted by molar-refractivity contribution is 0.100. The molecule has 1 aromatic heterocycles. The summed E-state index contributed by atoms with van der Waals surface area (Å²) in [5, 5.41) is 3.12. The minimum atomic E-state index is -0.474. The first-order valence-electron chi connectivity index (χ1n) is 5.68. The van der Waals surface area contributed by atoms with Gasteiger partial charge in [-0.1, -0.05) is 18.2 Å². The van der Waals surface area contributed by atoms with Gasteiger partial charge >= 0.3 is 0 Å². The fourth-order valence-electron chi connectivity index (χ4n) is 1.90. The van der Waals surface area contributed by atoms with Gasteiger partial charge in [0.05, 0.1) is 5.56 Å². The third kappa shape index (κ3) is 2.48. The number of benzene rings is 1. The zero-order chi connectivity index (χ0) is 13.1. The van der Waals surface area contributed by atoms with E-state index in [0.717, 1.165) is 16.9 Å². The van der Waals surface area contributed by atoms with E-state index in [1.54, 1.807) is 0 Å². The van der Waals surface area contributed by atoms with Crippen LogP contribution < -0.4 is 11.1 Å². The number of hydrogen-bond donors (Lipinski definition) is 2. The van der Waals surface area contributed by atoms with Crippen LogP contribution in [0.3, 0.4) is 0 Å². The second-order valence-corrected chi connectivity index (χ2v) is 4.16. The number of rotatable bonds is 3. The van der Waals surface area contributed by atoms with Gasteiger partial charge in [-0.25, -0.2) is 4.98 Å². The molecule has 2 rings (SSSR count). The maximum Gasteiger partial charge on any atom is 0.252 e. The molecule has 0 saturated carbocycles. The third-order valence-electron chi connectivity index (χ3n) is 2.63. The molecule has 1 aromatic carbocycles. The molecule has 0 aliphatic carbocycles. The van der Waals surface area contributed by atoms with Crippen molar-refractivity contribution in [2.75, 3.05) is 5.32 Å². The van der Waals surface area contributed by atoms with E-state index in [-0.39, 0.29) is 0 Å². The smallest absolute Gasteiger partial charge is 0.252 e. The summed E-state index contributed by atoms with van der Waals surface area (Å²) >= 11 is 0. The number of nitrogens with two attached hydrogens (primary N) is 1. The second kappa shape index (κ2) is 4.87. The Hall–Kier alpha value is -2.36. The first-order chi connectivity index (χ1) is 8.58. The number of carbonyl (C=O) groups is 1. The highest BCUT2D eigenvalue weighted by molar-refractivity contribution is 5.99. The van der Waals surface area contributed by atoms with E-state index in [1.165, 1.54) is 0 Å². The Balaban J connectivity index is 2.46. The Bertz CT molecular complexity index is 579. The highest BCUT2D eigenvalue weighted by Gasteiger charge is 2.13. The molecule has 4 heteroatoms. The van der Waals surface area contributed by atoms with Crippen LogP contribution in [0.2, 0.25) is 0 Å². The van der Waals surface area contributed by atoms with Crippen LogP contribution in [0.4, 0.5) is 11.5 Å². The number of aryl methyl sites for hydroxylation is 2. The maximum atomic E-state index is 11.5. The molecule has 4 nitrogen and oxygen atoms in total. The third-order valence-corrected chi connectivity index (χ3v) is 2.63. The molecule has 92 valence electrons. The standard InChI is InChI=1S/C14H15N3O/c1-9-8-10(2)16-14(12(9)13(15)18)17-11-6-4-3-5-7-11/h3-8H,1-2H3,(H2,15,18)(H,16,17). The van der Waals surface area contributed by atoms with E-state index in [1.807, 2.05) is 50.2 Å². The van der Waals surface area contributed by atoms with Crippen molar-refractivity contribution in [3.63, 3.8) is 0 Å². The number of carbonyl (C=O) groups excluding carboxylic acids is 1. The monoisotopic (exact) mass is 241 g/mol. The van der Waals surface area contributed by atoms with Crippen LogP contribution in [0.15, 0.2) is 36.4 Å². The van der Waals surface area contributed by atoms with E-state index in [4.69, 9.17) is 5.73 Å². The number of hydrogen-bond acceptors (Lipinski definition) is 3. The average Bonchev–Trinajstić information content (AvgIpc) is 2.28. The van der Waals surface area contributed by atoms with Crippen LogP contribution in [0.1, 0.15) is 21.6 Å². The van der Waals surface area contributed by atoms with Crippen molar-refractivity contribution in [2.45, 2.75) is 13.8 Å². The fourth-order valence-corrected chi connectivity index (χ4v) is 1.90. The van der Waals surface area contributed by atoms with Gasteiger partial charge in [-0.3, -0.25) is 4.79 Å². The zero-order valence-electron chi connectivity index (χ0n) is 10.4. The average molecular weight is 241 g/mol. The summed E-state index contributed by atoms with van der Waals surface area (Å²) < 4.78 is 0. The highest BCUT2D eigenvalue weighted by atomic mass is 16.1. The highest BCUT2D eigenvalue weighted by Crippen LogP contribution is 2.22. The molecule has 18 heavy (non-hydrogen) atoms. The van der Waals surface area contributed by atoms with Crippen LogP contribution in [0, 0.1) is 13.8 Å². The molecule has 0 aliphatic rings. The topological polar surface area (TPSA) is 68.0 Å². The van der Waals surface area contributed by atoms with Crippen molar-refractivity contribution in [2.24, 2.45) is 5.73 Å². The largest absolute Gasteiger partial charge is 0.365 e. The van der Waals surface area contributed by atoms with Crippen LogP contribution >= 0.6 is 0 Å². The van der Waals surface area contributed by atoms with Gasteiger partial charge in [0.1, 0.15) is 5.82 Å². The number of aromatic nitrogens is 1. The molecule has 3 N–H and O–H groups in total. The number of para-hydroxylation sites is 1. The molecule has 0 unspecified atom stereocenters. The lowest BCUT2D eigenvalue weighted by Crippen LogP contribution is -2.16. The lowest BCUT2D eigenvalue weighted by Gasteiger charge is -2.12. The first-order valence-corrected chi connectivity index (χ1v) is 5.68. The summed E-state index contributed by atoms with van der Waals surface area (Å²) in [5.74, 6) is 0.0321. The van der Waals surface area contributed by atoms with Gasteiger partial charge in [-0.15, -0.1) is 0 Å². The lowest BCUT2D eigenvalue weighted by atomic mass is 10.1. The summed E-state index contributed by atoms with van der Waals surface area (Å²) in [6.07, 6.45) is 0. The second-order valence-electron chi connectivity index (χ2n) is 4.16. The SMILES string of the molecule is Cc1cc(C)c(C(N)=O)c(Nc2ccccc2)n1. The number of nitrogens with zero attached hydrogens (tertiary/aromatic N) is 1. The van der Waals surface area contributed by atoms with Crippen molar-refractivity contribution >= 4 is 17.4 Å². The molecule has 0 fully saturated rings. The van der Waals surface area contributed by atoms with Gasteiger partial charge in [-0.2, -0.15) is 0 Å². The van der Waals surface area contributed by atoms with E-state index in [2.05, 4.69) is 10.3 Å². The predicted molar refractivity (Wildman–Crippen MR) is 72.0 cm³/mol. The molecule has 0 atom stereocenters. The minimum absolute atomic E-state index is 0.435. The molecule has 0 saturated heterocycles. The summed E-state index contributed by atoms with van der Waals surface area (Å²) in [6.45, 7) is 3.74. The molecule has 0 spiro atoms. The van der Waals surface area contributed by atoms with E-state index >= 15 is 0 Å². The summed E-state index contributed by atoms with van der Waals surface area (Å²) in [5.41, 5.74) is 8.38. The minimum Gasteiger partial charge on any atom is -0.365 e. The molecular formula is C14H15N3O. The molecule has 0 aliphatic heterocycles. The Morgan fingerprint density at radius 2 is 1.89 bits per heavy atom. The van der Waals surface area contributed by atoms with Crippen LogP contribution in [-0.4, -0.2) is 10.9 Å². The molecular weight excluding hydrogens is 226 g/mol. The van der Waals surface area contributed by atoms with Gasteiger partial charge in [0.2, 0.25) is 0 Å². The van der Waals surface area contributed by atoms with Crippen molar-refractivity contribution in [1.29, 1.82) is 0 Å². The quantitative estimate of drug-likeness (QED) is 0.867.